The number of ether oxygens (including phenoxy) is 4. The summed E-state index contributed by atoms with van der Waals surface area (Å²) in [5, 5.41) is 2.38. The van der Waals surface area contributed by atoms with Crippen molar-refractivity contribution in [2.24, 2.45) is 0 Å². The number of nitrogens with one attached hydrogen (secondary N) is 2. The van der Waals surface area contributed by atoms with Gasteiger partial charge >= 0.3 is 0 Å². The first-order valence-corrected chi connectivity index (χ1v) is 13.1. The van der Waals surface area contributed by atoms with E-state index in [0.717, 1.165) is 4.90 Å². The molecule has 192 valence electrons. The number of sulfonamides is 1. The molecule has 0 fully saturated rings. The van der Waals surface area contributed by atoms with Crippen LogP contribution in [0.15, 0.2) is 70.5 Å². The topological polar surface area (TPSA) is 112 Å². The Bertz CT molecular complexity index is 1310. The monoisotopic (exact) mass is 532 g/mol. The number of anilines is 2. The second kappa shape index (κ2) is 11.9. The first-order valence-electron chi connectivity index (χ1n) is 10.7. The summed E-state index contributed by atoms with van der Waals surface area (Å²) in [7, 11) is 2.13. The van der Waals surface area contributed by atoms with E-state index in [1.165, 1.54) is 56.3 Å². The molecule has 36 heavy (non-hydrogen) atoms. The molecule has 0 spiro atoms. The van der Waals surface area contributed by atoms with Gasteiger partial charge in [0.25, 0.3) is 10.0 Å². The lowest BCUT2D eigenvalue weighted by molar-refractivity contribution is -0.115. The van der Waals surface area contributed by atoms with E-state index in [-0.39, 0.29) is 16.5 Å². The Balaban J connectivity index is 1.67. The highest BCUT2D eigenvalue weighted by atomic mass is 32.2. The van der Waals surface area contributed by atoms with Gasteiger partial charge in [0.1, 0.15) is 11.5 Å². The van der Waals surface area contributed by atoms with E-state index in [1.807, 2.05) is 6.07 Å². The van der Waals surface area contributed by atoms with E-state index in [1.54, 1.807) is 45.4 Å². The average molecular weight is 533 g/mol. The Labute approximate surface area is 215 Å². The molecule has 3 aromatic carbocycles. The molecule has 0 aliphatic rings. The van der Waals surface area contributed by atoms with Crippen molar-refractivity contribution in [3.05, 3.63) is 60.7 Å². The van der Waals surface area contributed by atoms with Gasteiger partial charge in [0.2, 0.25) is 5.91 Å². The summed E-state index contributed by atoms with van der Waals surface area (Å²) in [5.74, 6) is 1.78. The van der Waals surface area contributed by atoms with Gasteiger partial charge < -0.3 is 24.3 Å². The number of amides is 1. The van der Waals surface area contributed by atoms with Crippen molar-refractivity contribution < 1.29 is 32.2 Å². The molecule has 1 atom stereocenters. The second-order valence-electron chi connectivity index (χ2n) is 7.46. The van der Waals surface area contributed by atoms with Crippen molar-refractivity contribution in [3.8, 4) is 23.0 Å². The predicted octanol–water partition coefficient (Wildman–Crippen LogP) is 4.64. The smallest absolute Gasteiger partial charge is 0.262 e. The van der Waals surface area contributed by atoms with Crippen LogP contribution in [0, 0.1) is 0 Å². The van der Waals surface area contributed by atoms with Crippen LogP contribution >= 0.6 is 11.8 Å². The fraction of sp³-hybridized carbons (Fsp3) is 0.240. The van der Waals surface area contributed by atoms with Crippen LogP contribution in [0.1, 0.15) is 6.92 Å². The average Bonchev–Trinajstić information content (AvgIpc) is 2.88. The normalized spacial score (nSPS) is 11.8. The Hall–Kier alpha value is -3.57. The van der Waals surface area contributed by atoms with Gasteiger partial charge in [0.15, 0.2) is 11.5 Å². The standard InChI is InChI=1S/C25H28N2O7S2/c1-16(35-19-9-13-23(33-4)24(15-19)34-5)25(28)26-17-6-10-20(11-7-17)36(29,30)27-21-14-18(31-2)8-12-22(21)32-3/h6-16,27H,1-5H3,(H,26,28). The van der Waals surface area contributed by atoms with Crippen LogP contribution in [0.3, 0.4) is 0 Å². The van der Waals surface area contributed by atoms with E-state index in [9.17, 15) is 13.2 Å². The third-order valence-corrected chi connectivity index (χ3v) is 7.60. The number of carbonyl (C=O) groups excluding carboxylic acids is 1. The van der Waals surface area contributed by atoms with Gasteiger partial charge in [-0.2, -0.15) is 0 Å². The maximum absolute atomic E-state index is 12.9. The molecule has 1 amide bonds. The predicted molar refractivity (Wildman–Crippen MR) is 140 cm³/mol. The van der Waals surface area contributed by atoms with E-state index < -0.39 is 15.3 Å². The van der Waals surface area contributed by atoms with E-state index in [2.05, 4.69) is 10.0 Å². The van der Waals surface area contributed by atoms with Crippen LogP contribution in [0.5, 0.6) is 23.0 Å². The Morgan fingerprint density at radius 1 is 0.806 bits per heavy atom. The highest BCUT2D eigenvalue weighted by Gasteiger charge is 2.19. The van der Waals surface area contributed by atoms with Crippen molar-refractivity contribution in [2.45, 2.75) is 22.0 Å². The van der Waals surface area contributed by atoms with Gasteiger partial charge in [-0.15, -0.1) is 11.8 Å². The lowest BCUT2D eigenvalue weighted by Crippen LogP contribution is -2.22. The zero-order valence-electron chi connectivity index (χ0n) is 20.5. The summed E-state index contributed by atoms with van der Waals surface area (Å²) in [4.78, 5) is 13.6. The van der Waals surface area contributed by atoms with Crippen molar-refractivity contribution in [3.63, 3.8) is 0 Å². The Morgan fingerprint density at radius 2 is 1.44 bits per heavy atom. The Morgan fingerprint density at radius 3 is 2.06 bits per heavy atom. The van der Waals surface area contributed by atoms with Crippen molar-refractivity contribution in [1.82, 2.24) is 0 Å². The molecule has 0 aliphatic heterocycles. The van der Waals surface area contributed by atoms with E-state index >= 15 is 0 Å². The summed E-state index contributed by atoms with van der Waals surface area (Å²) in [6, 6.07) is 16.1. The number of rotatable bonds is 11. The van der Waals surface area contributed by atoms with Gasteiger partial charge in [-0.25, -0.2) is 8.42 Å². The van der Waals surface area contributed by atoms with Crippen LogP contribution in [-0.2, 0) is 14.8 Å². The highest BCUT2D eigenvalue weighted by molar-refractivity contribution is 8.00. The van der Waals surface area contributed by atoms with Crippen LogP contribution in [0.2, 0.25) is 0 Å². The third kappa shape index (κ3) is 6.55. The fourth-order valence-corrected chi connectivity index (χ4v) is 5.16. The first kappa shape index (κ1) is 27.0. The molecule has 0 radical (unpaired) electrons. The minimum Gasteiger partial charge on any atom is -0.497 e. The Kier molecular flexibility index (Phi) is 8.94. The van der Waals surface area contributed by atoms with Crippen LogP contribution < -0.4 is 29.0 Å². The zero-order valence-corrected chi connectivity index (χ0v) is 22.2. The molecule has 0 heterocycles. The summed E-state index contributed by atoms with van der Waals surface area (Å²) in [6.45, 7) is 1.78. The summed E-state index contributed by atoms with van der Waals surface area (Å²) in [6.07, 6.45) is 0. The molecule has 0 aliphatic carbocycles. The largest absolute Gasteiger partial charge is 0.497 e. The zero-order chi connectivity index (χ0) is 26.3. The number of hydrogen-bond acceptors (Lipinski definition) is 8. The van der Waals surface area contributed by atoms with Crippen molar-refractivity contribution in [2.75, 3.05) is 38.5 Å². The van der Waals surface area contributed by atoms with Crippen molar-refractivity contribution in [1.29, 1.82) is 0 Å². The number of thioether (sulfide) groups is 1. The molecular weight excluding hydrogens is 504 g/mol. The maximum Gasteiger partial charge on any atom is 0.262 e. The number of methoxy groups -OCH3 is 4. The molecule has 2 N–H and O–H groups in total. The molecule has 3 rings (SSSR count). The molecule has 11 heteroatoms. The molecule has 0 saturated carbocycles. The molecule has 0 bridgehead atoms. The molecule has 0 aromatic heterocycles. The second-order valence-corrected chi connectivity index (χ2v) is 10.6. The first-order chi connectivity index (χ1) is 17.2. The van der Waals surface area contributed by atoms with Gasteiger partial charge in [0.05, 0.1) is 44.3 Å². The summed E-state index contributed by atoms with van der Waals surface area (Å²) >= 11 is 1.36. The fourth-order valence-electron chi connectivity index (χ4n) is 3.21. The van der Waals surface area contributed by atoms with Crippen LogP contribution in [0.25, 0.3) is 0 Å². The molecule has 9 nitrogen and oxygen atoms in total. The molecular formula is C25H28N2O7S2. The van der Waals surface area contributed by atoms with Crippen LogP contribution in [0.4, 0.5) is 11.4 Å². The van der Waals surface area contributed by atoms with Gasteiger partial charge in [-0.1, -0.05) is 0 Å². The van der Waals surface area contributed by atoms with Gasteiger partial charge in [-0.3, -0.25) is 9.52 Å². The number of benzene rings is 3. The van der Waals surface area contributed by atoms with Gasteiger partial charge in [-0.05, 0) is 61.5 Å². The molecule has 1 unspecified atom stereocenters. The third-order valence-electron chi connectivity index (χ3n) is 5.12. The number of carbonyl (C=O) groups is 1. The van der Waals surface area contributed by atoms with E-state index in [0.29, 0.717) is 28.7 Å². The van der Waals surface area contributed by atoms with Crippen molar-refractivity contribution >= 4 is 39.1 Å². The SMILES string of the molecule is COc1ccc(OC)c(NS(=O)(=O)c2ccc(NC(=O)C(C)Sc3ccc(OC)c(OC)c3)cc2)c1. The maximum atomic E-state index is 12.9. The quantitative estimate of drug-likeness (QED) is 0.344. The lowest BCUT2D eigenvalue weighted by atomic mass is 10.3. The highest BCUT2D eigenvalue weighted by Crippen LogP contribution is 2.34. The molecule has 0 saturated heterocycles. The summed E-state index contributed by atoms with van der Waals surface area (Å²) in [5.41, 5.74) is 0.716. The minimum absolute atomic E-state index is 0.0260. The van der Waals surface area contributed by atoms with Gasteiger partial charge in [0, 0.05) is 16.6 Å². The summed E-state index contributed by atoms with van der Waals surface area (Å²) < 4.78 is 49.2. The minimum atomic E-state index is -3.91. The van der Waals surface area contributed by atoms with E-state index in [4.69, 9.17) is 18.9 Å². The lowest BCUT2D eigenvalue weighted by Gasteiger charge is -2.15. The van der Waals surface area contributed by atoms with Crippen LogP contribution in [-0.4, -0.2) is 48.0 Å². The number of hydrogen-bond donors (Lipinski definition) is 2. The molecule has 3 aromatic rings.